The summed E-state index contributed by atoms with van der Waals surface area (Å²) in [4.78, 5) is 14.6. The molecule has 1 aliphatic heterocycles. The number of sulfonamides is 1. The van der Waals surface area contributed by atoms with Gasteiger partial charge in [0.1, 0.15) is 10.9 Å². The summed E-state index contributed by atoms with van der Waals surface area (Å²) < 4.78 is 37.5. The first-order valence-corrected chi connectivity index (χ1v) is 9.24. The first-order valence-electron chi connectivity index (χ1n) is 7.69. The van der Waals surface area contributed by atoms with Crippen LogP contribution in [-0.2, 0) is 14.8 Å². The Hall–Kier alpha value is -1.91. The standard InChI is InChI=1S/C15H23FN4O4S/c1-15(2,3)19-6-7-20(10(8-19)14(21)22)9-4-5-11(25(18,23)24)13(17)12(9)16/h4-5,10H,6-8,17H2,1-3H3,(H,21,22)(H2,18,23,24). The average molecular weight is 374 g/mol. The summed E-state index contributed by atoms with van der Waals surface area (Å²) in [6, 6.07) is 1.31. The molecule has 0 spiro atoms. The minimum Gasteiger partial charge on any atom is -0.480 e. The third-order valence-corrected chi connectivity index (χ3v) is 5.32. The van der Waals surface area contributed by atoms with Crippen LogP contribution in [0.25, 0.3) is 0 Å². The normalized spacial score (nSPS) is 19.9. The number of carboxylic acid groups (broad SMARTS) is 1. The second-order valence-electron chi connectivity index (χ2n) is 7.02. The van der Waals surface area contributed by atoms with Crippen LogP contribution < -0.4 is 15.8 Å². The van der Waals surface area contributed by atoms with Crippen LogP contribution in [0.3, 0.4) is 0 Å². The summed E-state index contributed by atoms with van der Waals surface area (Å²) >= 11 is 0. The van der Waals surface area contributed by atoms with Crippen molar-refractivity contribution in [3.63, 3.8) is 0 Å². The monoisotopic (exact) mass is 374 g/mol. The number of hydrogen-bond donors (Lipinski definition) is 3. The van der Waals surface area contributed by atoms with Gasteiger partial charge in [-0.25, -0.2) is 22.7 Å². The van der Waals surface area contributed by atoms with E-state index >= 15 is 0 Å². The van der Waals surface area contributed by atoms with Gasteiger partial charge in [0.2, 0.25) is 10.0 Å². The van der Waals surface area contributed by atoms with Gasteiger partial charge in [-0.1, -0.05) is 0 Å². The Morgan fingerprint density at radius 2 is 1.92 bits per heavy atom. The molecule has 1 aromatic carbocycles. The SMILES string of the molecule is CC(C)(C)N1CCN(c2ccc(S(N)(=O)=O)c(N)c2F)C(C(=O)O)C1. The van der Waals surface area contributed by atoms with Crippen molar-refractivity contribution in [2.24, 2.45) is 5.14 Å². The van der Waals surface area contributed by atoms with E-state index in [9.17, 15) is 22.7 Å². The van der Waals surface area contributed by atoms with Crippen LogP contribution in [0.15, 0.2) is 17.0 Å². The minimum atomic E-state index is -4.17. The highest BCUT2D eigenvalue weighted by molar-refractivity contribution is 7.89. The molecule has 1 unspecified atom stereocenters. The molecule has 10 heteroatoms. The Labute approximate surface area is 146 Å². The second kappa shape index (κ2) is 6.43. The number of carbonyl (C=O) groups is 1. The number of primary sulfonamides is 1. The highest BCUT2D eigenvalue weighted by Gasteiger charge is 2.38. The summed E-state index contributed by atoms with van der Waals surface area (Å²) in [5.74, 6) is -2.08. The van der Waals surface area contributed by atoms with Gasteiger partial charge < -0.3 is 15.7 Å². The van der Waals surface area contributed by atoms with E-state index in [4.69, 9.17) is 10.9 Å². The Kier molecular flexibility index (Phi) is 4.99. The van der Waals surface area contributed by atoms with Crippen LogP contribution in [-0.4, -0.2) is 55.6 Å². The Bertz CT molecular complexity index is 791. The lowest BCUT2D eigenvalue weighted by Crippen LogP contribution is -2.61. The van der Waals surface area contributed by atoms with E-state index in [2.05, 4.69) is 0 Å². The van der Waals surface area contributed by atoms with E-state index in [1.54, 1.807) is 0 Å². The number of nitrogens with zero attached hydrogens (tertiary/aromatic N) is 2. The summed E-state index contributed by atoms with van der Waals surface area (Å²) in [6.45, 7) is 6.92. The number of aliphatic carboxylic acids is 1. The Morgan fingerprint density at radius 3 is 2.40 bits per heavy atom. The molecule has 5 N–H and O–H groups in total. The average Bonchev–Trinajstić information content (AvgIpc) is 2.47. The molecule has 25 heavy (non-hydrogen) atoms. The van der Waals surface area contributed by atoms with Crippen molar-refractivity contribution >= 4 is 27.4 Å². The molecule has 0 aromatic heterocycles. The molecule has 1 aromatic rings. The van der Waals surface area contributed by atoms with Crippen LogP contribution in [0.2, 0.25) is 0 Å². The van der Waals surface area contributed by atoms with E-state index < -0.39 is 38.4 Å². The zero-order valence-corrected chi connectivity index (χ0v) is 15.2. The van der Waals surface area contributed by atoms with Gasteiger partial charge in [-0.2, -0.15) is 0 Å². The summed E-state index contributed by atoms with van der Waals surface area (Å²) in [7, 11) is -4.17. The number of carboxylic acids is 1. The number of nitrogen functional groups attached to an aromatic ring is 1. The van der Waals surface area contributed by atoms with Crippen LogP contribution >= 0.6 is 0 Å². The smallest absolute Gasteiger partial charge is 0.327 e. The topological polar surface area (TPSA) is 130 Å². The fraction of sp³-hybridized carbons (Fsp3) is 0.533. The number of piperazine rings is 1. The molecule has 1 atom stereocenters. The predicted molar refractivity (Wildman–Crippen MR) is 92.3 cm³/mol. The number of nitrogens with two attached hydrogens (primary N) is 2. The third kappa shape index (κ3) is 3.86. The third-order valence-electron chi connectivity index (χ3n) is 4.35. The van der Waals surface area contributed by atoms with Gasteiger partial charge in [0.15, 0.2) is 5.82 Å². The van der Waals surface area contributed by atoms with E-state index in [-0.39, 0.29) is 24.3 Å². The fourth-order valence-corrected chi connectivity index (χ4v) is 3.58. The summed E-state index contributed by atoms with van der Waals surface area (Å²) in [6.07, 6.45) is 0. The zero-order valence-electron chi connectivity index (χ0n) is 14.4. The number of anilines is 2. The molecule has 1 heterocycles. The van der Waals surface area contributed by atoms with Crippen molar-refractivity contribution in [1.82, 2.24) is 4.90 Å². The summed E-state index contributed by atoms with van der Waals surface area (Å²) in [5.41, 5.74) is 4.69. The molecule has 2 rings (SSSR count). The van der Waals surface area contributed by atoms with Crippen LogP contribution in [0.1, 0.15) is 20.8 Å². The van der Waals surface area contributed by atoms with Gasteiger partial charge >= 0.3 is 5.97 Å². The maximum absolute atomic E-state index is 14.7. The lowest BCUT2D eigenvalue weighted by molar-refractivity contribution is -0.140. The number of rotatable bonds is 3. The molecule has 1 fully saturated rings. The predicted octanol–water partition coefficient (Wildman–Crippen LogP) is 0.429. The molecule has 8 nitrogen and oxygen atoms in total. The molecule has 140 valence electrons. The first kappa shape index (κ1) is 19.4. The summed E-state index contributed by atoms with van der Waals surface area (Å²) in [5, 5.41) is 14.6. The maximum atomic E-state index is 14.7. The molecule has 0 radical (unpaired) electrons. The van der Waals surface area contributed by atoms with Crippen LogP contribution in [0.4, 0.5) is 15.8 Å². The van der Waals surface area contributed by atoms with Crippen molar-refractivity contribution < 1.29 is 22.7 Å². The number of halogens is 1. The molecule has 1 saturated heterocycles. The molecule has 0 amide bonds. The zero-order chi connectivity index (χ0) is 19.2. The fourth-order valence-electron chi connectivity index (χ4n) is 2.93. The van der Waals surface area contributed by atoms with Crippen molar-refractivity contribution in [1.29, 1.82) is 0 Å². The lowest BCUT2D eigenvalue weighted by atomic mass is 10.0. The Balaban J connectivity index is 2.44. The second-order valence-corrected chi connectivity index (χ2v) is 8.55. The van der Waals surface area contributed by atoms with Crippen molar-refractivity contribution in [2.45, 2.75) is 37.2 Å². The minimum absolute atomic E-state index is 0.0501. The van der Waals surface area contributed by atoms with E-state index in [1.807, 2.05) is 25.7 Å². The van der Waals surface area contributed by atoms with Gasteiger partial charge in [0.05, 0.1) is 11.4 Å². The molecule has 0 aliphatic carbocycles. The van der Waals surface area contributed by atoms with E-state index in [0.717, 1.165) is 6.07 Å². The number of hydrogen-bond acceptors (Lipinski definition) is 6. The molecule has 0 bridgehead atoms. The maximum Gasteiger partial charge on any atom is 0.327 e. The van der Waals surface area contributed by atoms with Gasteiger partial charge in [-0.15, -0.1) is 0 Å². The first-order chi connectivity index (χ1) is 11.3. The highest BCUT2D eigenvalue weighted by atomic mass is 32.2. The van der Waals surface area contributed by atoms with Crippen LogP contribution in [0.5, 0.6) is 0 Å². The molecule has 0 saturated carbocycles. The van der Waals surface area contributed by atoms with E-state index in [1.165, 1.54) is 11.0 Å². The van der Waals surface area contributed by atoms with Gasteiger partial charge in [-0.3, -0.25) is 4.90 Å². The lowest BCUT2D eigenvalue weighted by Gasteiger charge is -2.46. The van der Waals surface area contributed by atoms with Gasteiger partial charge in [0.25, 0.3) is 0 Å². The van der Waals surface area contributed by atoms with Crippen molar-refractivity contribution in [3.05, 3.63) is 17.9 Å². The molecular formula is C15H23FN4O4S. The largest absolute Gasteiger partial charge is 0.480 e. The number of benzene rings is 1. The van der Waals surface area contributed by atoms with Gasteiger partial charge in [0, 0.05) is 25.2 Å². The molecule has 1 aliphatic rings. The molecular weight excluding hydrogens is 351 g/mol. The van der Waals surface area contributed by atoms with Crippen molar-refractivity contribution in [2.75, 3.05) is 30.3 Å². The van der Waals surface area contributed by atoms with Gasteiger partial charge in [-0.05, 0) is 32.9 Å². The highest BCUT2D eigenvalue weighted by Crippen LogP contribution is 2.32. The quantitative estimate of drug-likeness (QED) is 0.654. The van der Waals surface area contributed by atoms with Crippen molar-refractivity contribution in [3.8, 4) is 0 Å². The van der Waals surface area contributed by atoms with Crippen LogP contribution in [0, 0.1) is 5.82 Å². The van der Waals surface area contributed by atoms with E-state index in [0.29, 0.717) is 6.54 Å². The Morgan fingerprint density at radius 1 is 1.32 bits per heavy atom.